The Morgan fingerprint density at radius 3 is 2.94 bits per heavy atom. The molecule has 5 heteroatoms. The summed E-state index contributed by atoms with van der Waals surface area (Å²) in [6.45, 7) is 4.47. The van der Waals surface area contributed by atoms with Gasteiger partial charge < -0.3 is 15.8 Å². The highest BCUT2D eigenvalue weighted by Gasteiger charge is 2.26. The van der Waals surface area contributed by atoms with E-state index in [4.69, 9.17) is 10.5 Å². The van der Waals surface area contributed by atoms with E-state index in [0.717, 1.165) is 12.1 Å². The van der Waals surface area contributed by atoms with Crippen LogP contribution in [0.2, 0.25) is 0 Å². The van der Waals surface area contributed by atoms with Crippen LogP contribution in [0.15, 0.2) is 12.1 Å². The number of nitrogens with zero attached hydrogens (tertiary/aromatic N) is 1. The fourth-order valence-corrected chi connectivity index (χ4v) is 2.00. The van der Waals surface area contributed by atoms with E-state index in [-0.39, 0.29) is 18.1 Å². The molecule has 1 amide bonds. The van der Waals surface area contributed by atoms with Crippen molar-refractivity contribution >= 4 is 11.7 Å². The van der Waals surface area contributed by atoms with E-state index in [1.165, 1.54) is 0 Å². The minimum Gasteiger partial charge on any atom is -0.384 e. The van der Waals surface area contributed by atoms with Crippen LogP contribution in [0.1, 0.15) is 29.4 Å². The Balaban J connectivity index is 2.09. The number of carbonyl (C=O) groups excluding carboxylic acids is 1. The fourth-order valence-electron chi connectivity index (χ4n) is 2.00. The second-order valence-corrected chi connectivity index (χ2v) is 4.37. The molecule has 0 saturated carbocycles. The Morgan fingerprint density at radius 2 is 2.35 bits per heavy atom. The molecule has 2 atom stereocenters. The SMILES string of the molecule is Cc1cc(C(=O)NC2CCOC2C)cc(N)n1. The molecule has 0 radical (unpaired) electrons. The van der Waals surface area contributed by atoms with Crippen molar-refractivity contribution in [1.29, 1.82) is 0 Å². The summed E-state index contributed by atoms with van der Waals surface area (Å²) in [5, 5.41) is 2.95. The van der Waals surface area contributed by atoms with Gasteiger partial charge in [-0.3, -0.25) is 4.79 Å². The number of nitrogen functional groups attached to an aromatic ring is 1. The third kappa shape index (κ3) is 2.74. The number of nitrogens with two attached hydrogens (primary N) is 1. The van der Waals surface area contributed by atoms with E-state index in [9.17, 15) is 4.79 Å². The summed E-state index contributed by atoms with van der Waals surface area (Å²) >= 11 is 0. The lowest BCUT2D eigenvalue weighted by molar-refractivity contribution is 0.0866. The van der Waals surface area contributed by atoms with Crippen LogP contribution in [0.5, 0.6) is 0 Å². The quantitative estimate of drug-likeness (QED) is 0.797. The van der Waals surface area contributed by atoms with E-state index in [0.29, 0.717) is 18.0 Å². The fraction of sp³-hybridized carbons (Fsp3) is 0.500. The molecule has 3 N–H and O–H groups in total. The minimum atomic E-state index is -0.121. The summed E-state index contributed by atoms with van der Waals surface area (Å²) < 4.78 is 5.40. The van der Waals surface area contributed by atoms with Crippen molar-refractivity contribution in [3.63, 3.8) is 0 Å². The van der Waals surface area contributed by atoms with E-state index in [1.807, 2.05) is 13.8 Å². The molecule has 1 aliphatic rings. The van der Waals surface area contributed by atoms with Crippen molar-refractivity contribution in [2.75, 3.05) is 12.3 Å². The van der Waals surface area contributed by atoms with Crippen LogP contribution in [0, 0.1) is 6.92 Å². The summed E-state index contributed by atoms with van der Waals surface area (Å²) in [7, 11) is 0. The number of nitrogens with one attached hydrogen (secondary N) is 1. The number of ether oxygens (including phenoxy) is 1. The van der Waals surface area contributed by atoms with Crippen LogP contribution in [0.25, 0.3) is 0 Å². The smallest absolute Gasteiger partial charge is 0.251 e. The molecular formula is C12H17N3O2. The average molecular weight is 235 g/mol. The zero-order chi connectivity index (χ0) is 12.4. The standard InChI is InChI=1S/C12H17N3O2/c1-7-5-9(6-11(13)14-7)12(16)15-10-3-4-17-8(10)2/h5-6,8,10H,3-4H2,1-2H3,(H2,13,14)(H,15,16). The van der Waals surface area contributed by atoms with E-state index >= 15 is 0 Å². The molecule has 5 nitrogen and oxygen atoms in total. The maximum Gasteiger partial charge on any atom is 0.251 e. The highest BCUT2D eigenvalue weighted by Crippen LogP contribution is 2.14. The van der Waals surface area contributed by atoms with Gasteiger partial charge in [0.05, 0.1) is 12.1 Å². The van der Waals surface area contributed by atoms with Gasteiger partial charge in [-0.05, 0) is 32.4 Å². The summed E-state index contributed by atoms with van der Waals surface area (Å²) in [5.74, 6) is 0.246. The lowest BCUT2D eigenvalue weighted by atomic mass is 10.1. The van der Waals surface area contributed by atoms with Gasteiger partial charge in [0.2, 0.25) is 0 Å². The second kappa shape index (κ2) is 4.71. The lowest BCUT2D eigenvalue weighted by Crippen LogP contribution is -2.39. The lowest BCUT2D eigenvalue weighted by Gasteiger charge is -2.16. The van der Waals surface area contributed by atoms with Crippen LogP contribution in [0.4, 0.5) is 5.82 Å². The summed E-state index contributed by atoms with van der Waals surface area (Å²) in [6, 6.07) is 3.40. The van der Waals surface area contributed by atoms with Gasteiger partial charge in [-0.25, -0.2) is 4.98 Å². The van der Waals surface area contributed by atoms with Crippen LogP contribution < -0.4 is 11.1 Å². The molecule has 1 aliphatic heterocycles. The minimum absolute atomic E-state index is 0.0687. The molecule has 92 valence electrons. The third-order valence-corrected chi connectivity index (χ3v) is 2.93. The van der Waals surface area contributed by atoms with Gasteiger partial charge in [0.1, 0.15) is 5.82 Å². The number of hydrogen-bond donors (Lipinski definition) is 2. The van der Waals surface area contributed by atoms with Crippen molar-refractivity contribution in [2.45, 2.75) is 32.4 Å². The summed E-state index contributed by atoms with van der Waals surface area (Å²) in [4.78, 5) is 16.0. The van der Waals surface area contributed by atoms with Crippen molar-refractivity contribution in [3.8, 4) is 0 Å². The van der Waals surface area contributed by atoms with E-state index < -0.39 is 0 Å². The second-order valence-electron chi connectivity index (χ2n) is 4.37. The average Bonchev–Trinajstić information content (AvgIpc) is 2.63. The van der Waals surface area contributed by atoms with E-state index in [1.54, 1.807) is 12.1 Å². The van der Waals surface area contributed by atoms with Crippen LogP contribution in [0.3, 0.4) is 0 Å². The maximum atomic E-state index is 12.0. The molecule has 1 aromatic rings. The predicted molar refractivity (Wildman–Crippen MR) is 64.7 cm³/mol. The number of amides is 1. The first kappa shape index (κ1) is 11.9. The first-order valence-electron chi connectivity index (χ1n) is 5.73. The van der Waals surface area contributed by atoms with Crippen LogP contribution >= 0.6 is 0 Å². The molecule has 2 rings (SSSR count). The highest BCUT2D eigenvalue weighted by molar-refractivity contribution is 5.95. The van der Waals surface area contributed by atoms with Crippen LogP contribution in [-0.2, 0) is 4.74 Å². The zero-order valence-corrected chi connectivity index (χ0v) is 10.1. The van der Waals surface area contributed by atoms with Gasteiger partial charge in [-0.2, -0.15) is 0 Å². The molecule has 1 saturated heterocycles. The third-order valence-electron chi connectivity index (χ3n) is 2.93. The summed E-state index contributed by atoms with van der Waals surface area (Å²) in [6.07, 6.45) is 0.922. The predicted octanol–water partition coefficient (Wildman–Crippen LogP) is 0.879. The van der Waals surface area contributed by atoms with Gasteiger partial charge >= 0.3 is 0 Å². The largest absolute Gasteiger partial charge is 0.384 e. The maximum absolute atomic E-state index is 12.0. The van der Waals surface area contributed by atoms with E-state index in [2.05, 4.69) is 10.3 Å². The monoisotopic (exact) mass is 235 g/mol. The van der Waals surface area contributed by atoms with Gasteiger partial charge in [0.15, 0.2) is 0 Å². The molecule has 0 aromatic carbocycles. The first-order chi connectivity index (χ1) is 8.06. The molecule has 17 heavy (non-hydrogen) atoms. The van der Waals surface area contributed by atoms with Gasteiger partial charge in [0.25, 0.3) is 5.91 Å². The zero-order valence-electron chi connectivity index (χ0n) is 10.1. The molecular weight excluding hydrogens is 218 g/mol. The van der Waals surface area contributed by atoms with Gasteiger partial charge in [0, 0.05) is 17.9 Å². The molecule has 0 aliphatic carbocycles. The molecule has 1 fully saturated rings. The Kier molecular flexibility index (Phi) is 3.28. The first-order valence-corrected chi connectivity index (χ1v) is 5.73. The number of carbonyl (C=O) groups is 1. The number of rotatable bonds is 2. The molecule has 1 aromatic heterocycles. The van der Waals surface area contributed by atoms with Gasteiger partial charge in [-0.1, -0.05) is 0 Å². The molecule has 2 unspecified atom stereocenters. The van der Waals surface area contributed by atoms with Crippen molar-refractivity contribution in [1.82, 2.24) is 10.3 Å². The normalized spacial score (nSPS) is 23.6. The topological polar surface area (TPSA) is 77.2 Å². The van der Waals surface area contributed by atoms with Crippen molar-refractivity contribution in [2.24, 2.45) is 0 Å². The summed E-state index contributed by atoms with van der Waals surface area (Å²) in [5.41, 5.74) is 6.91. The Bertz CT molecular complexity index is 414. The van der Waals surface area contributed by atoms with Crippen molar-refractivity contribution < 1.29 is 9.53 Å². The Hall–Kier alpha value is -1.62. The number of hydrogen-bond acceptors (Lipinski definition) is 4. The Labute approximate surface area is 100 Å². The number of aromatic nitrogens is 1. The molecule has 0 bridgehead atoms. The number of pyridine rings is 1. The number of aryl methyl sites for hydroxylation is 1. The van der Waals surface area contributed by atoms with Crippen LogP contribution in [-0.4, -0.2) is 29.6 Å². The van der Waals surface area contributed by atoms with Gasteiger partial charge in [-0.15, -0.1) is 0 Å². The molecule has 0 spiro atoms. The number of anilines is 1. The van der Waals surface area contributed by atoms with Crippen molar-refractivity contribution in [3.05, 3.63) is 23.4 Å². The highest BCUT2D eigenvalue weighted by atomic mass is 16.5. The molecule has 2 heterocycles. The Morgan fingerprint density at radius 1 is 1.59 bits per heavy atom.